The van der Waals surface area contributed by atoms with E-state index < -0.39 is 18.2 Å². The minimum absolute atomic E-state index is 0.0957. The van der Waals surface area contributed by atoms with Gasteiger partial charge in [-0.1, -0.05) is 24.3 Å². The van der Waals surface area contributed by atoms with Crippen LogP contribution in [0.3, 0.4) is 0 Å². The third kappa shape index (κ3) is 5.69. The predicted molar refractivity (Wildman–Crippen MR) is 125 cm³/mol. The van der Waals surface area contributed by atoms with Crippen molar-refractivity contribution in [3.8, 4) is 17.2 Å². The summed E-state index contributed by atoms with van der Waals surface area (Å²) in [4.78, 5) is 30.1. The van der Waals surface area contributed by atoms with Crippen LogP contribution >= 0.6 is 0 Å². The minimum atomic E-state index is -2.88. The van der Waals surface area contributed by atoms with Crippen LogP contribution in [0.25, 0.3) is 11.5 Å². The van der Waals surface area contributed by atoms with E-state index in [0.717, 1.165) is 16.2 Å². The number of nitrogens with zero attached hydrogens (tertiary/aromatic N) is 4. The molecule has 0 aliphatic heterocycles. The largest absolute Gasteiger partial charge is 0.497 e. The van der Waals surface area contributed by atoms with E-state index in [1.165, 1.54) is 12.3 Å². The van der Waals surface area contributed by atoms with E-state index in [-0.39, 0.29) is 12.4 Å². The summed E-state index contributed by atoms with van der Waals surface area (Å²) in [5.74, 6) is -0.657. The van der Waals surface area contributed by atoms with Crippen LogP contribution in [0.1, 0.15) is 33.9 Å². The van der Waals surface area contributed by atoms with Gasteiger partial charge in [-0.05, 0) is 42.0 Å². The third-order valence-electron chi connectivity index (χ3n) is 5.22. The number of halogens is 2. The van der Waals surface area contributed by atoms with Crippen LogP contribution in [0.15, 0.2) is 71.3 Å². The average molecular weight is 493 g/mol. The molecule has 2 heterocycles. The monoisotopic (exact) mass is 493 g/mol. The lowest BCUT2D eigenvalue weighted by Gasteiger charge is -2.18. The molecule has 0 aliphatic rings. The van der Waals surface area contributed by atoms with Gasteiger partial charge in [0, 0.05) is 18.4 Å². The molecule has 1 N–H and O–H groups in total. The second kappa shape index (κ2) is 11.2. The summed E-state index contributed by atoms with van der Waals surface area (Å²) in [6, 6.07) is 17.5. The molecule has 0 saturated heterocycles. The molecule has 0 unspecified atom stereocenters. The maximum Gasteiger partial charge on any atom is 0.314 e. The van der Waals surface area contributed by atoms with E-state index in [4.69, 9.17) is 9.15 Å². The second-order valence-corrected chi connectivity index (χ2v) is 7.57. The van der Waals surface area contributed by atoms with Crippen molar-refractivity contribution in [2.45, 2.75) is 19.5 Å². The number of nitrogens with one attached hydrogen (secondary N) is 1. The van der Waals surface area contributed by atoms with Crippen molar-refractivity contribution in [3.05, 3.63) is 89.6 Å². The molecule has 0 atom stereocenters. The van der Waals surface area contributed by atoms with E-state index in [1.54, 1.807) is 37.4 Å². The number of pyridine rings is 1. The lowest BCUT2D eigenvalue weighted by atomic mass is 10.1. The molecule has 184 valence electrons. The summed E-state index contributed by atoms with van der Waals surface area (Å²) in [7, 11) is 1.59. The molecule has 2 aromatic heterocycles. The maximum absolute atomic E-state index is 13.2. The van der Waals surface area contributed by atoms with Gasteiger partial charge in [-0.3, -0.25) is 19.5 Å². The number of carbonyl (C=O) groups is 2. The van der Waals surface area contributed by atoms with Crippen LogP contribution < -0.4 is 10.1 Å². The normalized spacial score (nSPS) is 10.8. The quantitative estimate of drug-likeness (QED) is 0.322. The molecular formula is C25H21F2N5O4. The van der Waals surface area contributed by atoms with Crippen molar-refractivity contribution >= 4 is 18.0 Å². The van der Waals surface area contributed by atoms with E-state index in [1.807, 2.05) is 24.3 Å². The lowest BCUT2D eigenvalue weighted by Crippen LogP contribution is -2.30. The summed E-state index contributed by atoms with van der Waals surface area (Å²) in [5.41, 5.74) is 2.60. The third-order valence-corrected chi connectivity index (χ3v) is 5.22. The predicted octanol–water partition coefficient (Wildman–Crippen LogP) is 4.49. The highest BCUT2D eigenvalue weighted by molar-refractivity contribution is 6.04. The summed E-state index contributed by atoms with van der Waals surface area (Å²) in [6.45, 7) is 0.364. The minimum Gasteiger partial charge on any atom is -0.497 e. The van der Waals surface area contributed by atoms with Gasteiger partial charge in [0.05, 0.1) is 30.5 Å². The van der Waals surface area contributed by atoms with Crippen LogP contribution in [-0.2, 0) is 17.9 Å². The van der Waals surface area contributed by atoms with E-state index in [0.29, 0.717) is 35.5 Å². The number of aromatic nitrogens is 3. The molecule has 4 aromatic rings. The number of ether oxygens (including phenoxy) is 1. The highest BCUT2D eigenvalue weighted by Gasteiger charge is 2.20. The van der Waals surface area contributed by atoms with E-state index in [9.17, 15) is 18.4 Å². The summed E-state index contributed by atoms with van der Waals surface area (Å²) in [5, 5.41) is 10.1. The van der Waals surface area contributed by atoms with Crippen molar-refractivity contribution in [2.75, 3.05) is 12.4 Å². The number of anilines is 1. The van der Waals surface area contributed by atoms with Crippen molar-refractivity contribution in [2.24, 2.45) is 0 Å². The molecule has 0 spiro atoms. The molecular weight excluding hydrogens is 472 g/mol. The number of benzene rings is 2. The molecule has 2 amide bonds. The Balaban J connectivity index is 1.45. The molecule has 0 aliphatic carbocycles. The van der Waals surface area contributed by atoms with Gasteiger partial charge in [0.25, 0.3) is 11.8 Å². The molecule has 36 heavy (non-hydrogen) atoms. The average Bonchev–Trinajstić information content (AvgIpc) is 3.42. The van der Waals surface area contributed by atoms with Gasteiger partial charge < -0.3 is 14.5 Å². The van der Waals surface area contributed by atoms with Crippen LogP contribution in [0.4, 0.5) is 14.5 Å². The first-order valence-electron chi connectivity index (χ1n) is 10.8. The molecule has 4 rings (SSSR count). The highest BCUT2D eigenvalue weighted by Crippen LogP contribution is 2.23. The zero-order valence-corrected chi connectivity index (χ0v) is 19.1. The van der Waals surface area contributed by atoms with Gasteiger partial charge in [0.1, 0.15) is 5.75 Å². The Labute approximate surface area is 204 Å². The van der Waals surface area contributed by atoms with Crippen LogP contribution in [0.2, 0.25) is 0 Å². The zero-order chi connectivity index (χ0) is 25.5. The van der Waals surface area contributed by atoms with Gasteiger partial charge in [-0.2, -0.15) is 8.78 Å². The first-order valence-corrected chi connectivity index (χ1v) is 10.8. The summed E-state index contributed by atoms with van der Waals surface area (Å²) >= 11 is 0. The van der Waals surface area contributed by atoms with E-state index in [2.05, 4.69) is 20.5 Å². The smallest absolute Gasteiger partial charge is 0.314 e. The lowest BCUT2D eigenvalue weighted by molar-refractivity contribution is -0.116. The number of imide groups is 1. The summed E-state index contributed by atoms with van der Waals surface area (Å²) < 4.78 is 35.4. The van der Waals surface area contributed by atoms with Gasteiger partial charge >= 0.3 is 6.43 Å². The number of hydrogen-bond donors (Lipinski definition) is 1. The number of para-hydroxylation sites is 1. The van der Waals surface area contributed by atoms with Crippen LogP contribution in [-0.4, -0.2) is 39.5 Å². The van der Waals surface area contributed by atoms with Crippen molar-refractivity contribution < 1.29 is 27.5 Å². The highest BCUT2D eigenvalue weighted by atomic mass is 19.3. The molecule has 0 bridgehead atoms. The van der Waals surface area contributed by atoms with Crippen molar-refractivity contribution in [3.63, 3.8) is 0 Å². The Morgan fingerprint density at radius 1 is 1.11 bits per heavy atom. The Morgan fingerprint density at radius 2 is 1.89 bits per heavy atom. The zero-order valence-electron chi connectivity index (χ0n) is 19.1. The molecule has 9 nitrogen and oxygen atoms in total. The summed E-state index contributed by atoms with van der Waals surface area (Å²) in [6.07, 6.45) is -1.10. The number of rotatable bonds is 10. The first-order chi connectivity index (χ1) is 17.5. The van der Waals surface area contributed by atoms with Crippen molar-refractivity contribution in [1.29, 1.82) is 0 Å². The Bertz CT molecular complexity index is 1330. The molecule has 0 fully saturated rings. The van der Waals surface area contributed by atoms with Gasteiger partial charge in [-0.25, -0.2) is 0 Å². The number of carbonyl (C=O) groups excluding carboxylic acids is 2. The number of alkyl halides is 2. The van der Waals surface area contributed by atoms with Gasteiger partial charge in [-0.15, -0.1) is 10.2 Å². The van der Waals surface area contributed by atoms with E-state index >= 15 is 0 Å². The first kappa shape index (κ1) is 24.5. The van der Waals surface area contributed by atoms with Crippen LogP contribution in [0, 0.1) is 0 Å². The number of methoxy groups -OCH3 is 1. The Morgan fingerprint density at radius 3 is 2.53 bits per heavy atom. The van der Waals surface area contributed by atoms with Crippen molar-refractivity contribution in [1.82, 2.24) is 20.1 Å². The number of amides is 2. The number of hydrogen-bond acceptors (Lipinski definition) is 8. The molecule has 0 saturated carbocycles. The second-order valence-electron chi connectivity index (χ2n) is 7.57. The standard InChI is InChI=1S/C25H21F2N5O4/c1-35-19-10-6-16(7-11-19)12-29-21-5-3-2-4-20(21)25(34)32(15-33)14-18-9-8-17(13-28-18)23-30-31-24(36-23)22(26)27/h2-11,13,15,22,29H,12,14H2,1H3. The van der Waals surface area contributed by atoms with Gasteiger partial charge in [0.15, 0.2) is 0 Å². The fourth-order valence-corrected chi connectivity index (χ4v) is 3.33. The molecule has 0 radical (unpaired) electrons. The maximum atomic E-state index is 13.2. The fourth-order valence-electron chi connectivity index (χ4n) is 3.33. The Hall–Kier alpha value is -4.67. The topological polar surface area (TPSA) is 110 Å². The molecule has 2 aromatic carbocycles. The SMILES string of the molecule is COc1ccc(CNc2ccccc2C(=O)N(C=O)Cc2ccc(-c3nnc(C(F)F)o3)cn2)cc1. The van der Waals surface area contributed by atoms with Crippen LogP contribution in [0.5, 0.6) is 5.75 Å². The fraction of sp³-hybridized carbons (Fsp3) is 0.160. The Kier molecular flexibility index (Phi) is 7.59. The van der Waals surface area contributed by atoms with Gasteiger partial charge in [0.2, 0.25) is 12.3 Å². The molecule has 11 heteroatoms.